The molecule has 0 aliphatic heterocycles. The molecule has 1 aliphatic carbocycles. The molecule has 0 spiro atoms. The maximum Gasteiger partial charge on any atom is 0.407 e. The Balaban J connectivity index is 1.45. The number of benzene rings is 3. The van der Waals surface area contributed by atoms with Crippen molar-refractivity contribution in [3.05, 3.63) is 95.1 Å². The third-order valence-electron chi connectivity index (χ3n) is 5.81. The van der Waals surface area contributed by atoms with Gasteiger partial charge in [-0.2, -0.15) is 0 Å². The van der Waals surface area contributed by atoms with Gasteiger partial charge in [0.05, 0.1) is 7.11 Å². The first-order chi connectivity index (χ1) is 15.1. The van der Waals surface area contributed by atoms with E-state index in [4.69, 9.17) is 9.47 Å². The van der Waals surface area contributed by atoms with Gasteiger partial charge in [-0.15, -0.1) is 0 Å². The lowest BCUT2D eigenvalue weighted by Gasteiger charge is -2.19. The van der Waals surface area contributed by atoms with Gasteiger partial charge < -0.3 is 14.8 Å². The second-order valence-electron chi connectivity index (χ2n) is 7.68. The molecule has 31 heavy (non-hydrogen) atoms. The predicted octanol–water partition coefficient (Wildman–Crippen LogP) is 4.62. The van der Waals surface area contributed by atoms with Crippen LogP contribution in [0.25, 0.3) is 11.1 Å². The third kappa shape index (κ3) is 4.31. The summed E-state index contributed by atoms with van der Waals surface area (Å²) in [6.07, 6.45) is -0.297. The number of methoxy groups -OCH3 is 1. The predicted molar refractivity (Wildman–Crippen MR) is 119 cm³/mol. The maximum atomic E-state index is 12.6. The molecule has 4 rings (SSSR count). The summed E-state index contributed by atoms with van der Waals surface area (Å²) in [5, 5.41) is 2.68. The molecule has 5 heteroatoms. The van der Waals surface area contributed by atoms with Crippen molar-refractivity contribution in [2.45, 2.75) is 25.3 Å². The van der Waals surface area contributed by atoms with E-state index in [0.29, 0.717) is 6.42 Å². The van der Waals surface area contributed by atoms with Crippen LogP contribution in [0, 0.1) is 6.92 Å². The van der Waals surface area contributed by atoms with Gasteiger partial charge in [-0.25, -0.2) is 9.59 Å². The summed E-state index contributed by atoms with van der Waals surface area (Å²) in [7, 11) is 1.31. The zero-order chi connectivity index (χ0) is 21.8. The summed E-state index contributed by atoms with van der Waals surface area (Å²) >= 11 is 0. The van der Waals surface area contributed by atoms with Crippen LogP contribution >= 0.6 is 0 Å². The van der Waals surface area contributed by atoms with Crippen LogP contribution in [0.1, 0.15) is 28.2 Å². The molecule has 1 N–H and O–H groups in total. The van der Waals surface area contributed by atoms with Crippen LogP contribution in [0.3, 0.4) is 0 Å². The molecule has 0 saturated carbocycles. The molecule has 0 saturated heterocycles. The topological polar surface area (TPSA) is 64.6 Å². The number of fused-ring (bicyclic) bond motifs is 3. The second-order valence-corrected chi connectivity index (χ2v) is 7.68. The molecule has 1 aliphatic rings. The summed E-state index contributed by atoms with van der Waals surface area (Å²) in [5.74, 6) is -0.539. The van der Waals surface area contributed by atoms with Crippen LogP contribution < -0.4 is 5.32 Å². The van der Waals surface area contributed by atoms with Crippen molar-refractivity contribution in [2.75, 3.05) is 13.7 Å². The number of hydrogen-bond donors (Lipinski definition) is 1. The van der Waals surface area contributed by atoms with Gasteiger partial charge in [-0.05, 0) is 40.3 Å². The van der Waals surface area contributed by atoms with E-state index >= 15 is 0 Å². The molecule has 0 unspecified atom stereocenters. The lowest BCUT2D eigenvalue weighted by atomic mass is 9.98. The molecular formula is C26H25NO4. The molecule has 3 aromatic carbocycles. The van der Waals surface area contributed by atoms with Crippen molar-refractivity contribution in [1.29, 1.82) is 0 Å². The molecule has 158 valence electrons. The number of carbonyl (C=O) groups is 2. The number of esters is 1. The van der Waals surface area contributed by atoms with Gasteiger partial charge in [0, 0.05) is 12.3 Å². The van der Waals surface area contributed by atoms with Crippen molar-refractivity contribution in [3.8, 4) is 11.1 Å². The number of carbonyl (C=O) groups excluding carboxylic acids is 2. The molecule has 5 nitrogen and oxygen atoms in total. The van der Waals surface area contributed by atoms with Crippen LogP contribution in [0.2, 0.25) is 0 Å². The van der Waals surface area contributed by atoms with Crippen molar-refractivity contribution >= 4 is 12.1 Å². The summed E-state index contributed by atoms with van der Waals surface area (Å²) < 4.78 is 10.5. The number of nitrogens with one attached hydrogen (secondary N) is 1. The average molecular weight is 415 g/mol. The van der Waals surface area contributed by atoms with Crippen LogP contribution in [0.15, 0.2) is 72.8 Å². The van der Waals surface area contributed by atoms with E-state index in [1.807, 2.05) is 55.5 Å². The minimum absolute atomic E-state index is 0.0360. The minimum atomic E-state index is -0.818. The van der Waals surface area contributed by atoms with Crippen molar-refractivity contribution < 1.29 is 19.1 Å². The summed E-state index contributed by atoms with van der Waals surface area (Å²) in [6, 6.07) is 23.2. The minimum Gasteiger partial charge on any atom is -0.467 e. The Morgan fingerprint density at radius 2 is 1.48 bits per heavy atom. The van der Waals surface area contributed by atoms with Crippen LogP contribution in [0.4, 0.5) is 4.79 Å². The van der Waals surface area contributed by atoms with Gasteiger partial charge in [0.15, 0.2) is 0 Å². The monoisotopic (exact) mass is 415 g/mol. The SMILES string of the molecule is COC(=O)[C@@H](Cc1ccccc1C)NC(=O)OCC1c2ccccc2-c2ccccc21. The number of ether oxygens (including phenoxy) is 2. The molecule has 0 aromatic heterocycles. The lowest BCUT2D eigenvalue weighted by Crippen LogP contribution is -2.43. The lowest BCUT2D eigenvalue weighted by molar-refractivity contribution is -0.143. The number of alkyl carbamates (subject to hydrolysis) is 1. The Bertz CT molecular complexity index is 1060. The van der Waals surface area contributed by atoms with Gasteiger partial charge in [-0.3, -0.25) is 0 Å². The highest BCUT2D eigenvalue weighted by molar-refractivity contribution is 5.82. The molecular weight excluding hydrogens is 390 g/mol. The Kier molecular flexibility index (Phi) is 6.03. The van der Waals surface area contributed by atoms with E-state index in [1.54, 1.807) is 0 Å². The first kappa shape index (κ1) is 20.7. The zero-order valence-electron chi connectivity index (χ0n) is 17.6. The standard InChI is InChI=1S/C26H25NO4/c1-17-9-3-4-10-18(17)15-24(25(28)30-2)27-26(29)31-16-23-21-13-7-5-11-19(21)20-12-6-8-14-22(20)23/h3-14,23-24H,15-16H2,1-2H3,(H,27,29)/t24-/m1/s1. The van der Waals surface area contributed by atoms with Gasteiger partial charge in [0.1, 0.15) is 12.6 Å². The summed E-state index contributed by atoms with van der Waals surface area (Å²) in [4.78, 5) is 24.8. The van der Waals surface area contributed by atoms with Crippen LogP contribution in [0.5, 0.6) is 0 Å². The fraction of sp³-hybridized carbons (Fsp3) is 0.231. The Hall–Kier alpha value is -3.60. The Morgan fingerprint density at radius 3 is 2.10 bits per heavy atom. The van der Waals surface area contributed by atoms with E-state index in [-0.39, 0.29) is 12.5 Å². The smallest absolute Gasteiger partial charge is 0.407 e. The molecule has 3 aromatic rings. The van der Waals surface area contributed by atoms with E-state index < -0.39 is 18.1 Å². The normalized spacial score (nSPS) is 13.1. The largest absolute Gasteiger partial charge is 0.467 e. The van der Waals surface area contributed by atoms with Crippen LogP contribution in [-0.2, 0) is 20.7 Å². The average Bonchev–Trinajstić information content (AvgIpc) is 3.12. The maximum absolute atomic E-state index is 12.6. The fourth-order valence-corrected chi connectivity index (χ4v) is 4.18. The Labute approximate surface area is 182 Å². The number of rotatable bonds is 6. The van der Waals surface area contributed by atoms with Crippen molar-refractivity contribution in [2.24, 2.45) is 0 Å². The Morgan fingerprint density at radius 1 is 0.903 bits per heavy atom. The van der Waals surface area contributed by atoms with Crippen LogP contribution in [-0.4, -0.2) is 31.8 Å². The van der Waals surface area contributed by atoms with Crippen molar-refractivity contribution in [1.82, 2.24) is 5.32 Å². The summed E-state index contributed by atoms with van der Waals surface area (Å²) in [6.45, 7) is 2.16. The first-order valence-corrected chi connectivity index (χ1v) is 10.3. The molecule has 0 radical (unpaired) electrons. The van der Waals surface area contributed by atoms with Gasteiger partial charge in [0.2, 0.25) is 0 Å². The van der Waals surface area contributed by atoms with E-state index in [2.05, 4.69) is 29.6 Å². The third-order valence-corrected chi connectivity index (χ3v) is 5.81. The number of amides is 1. The molecule has 1 atom stereocenters. The quantitative estimate of drug-likeness (QED) is 0.597. The molecule has 0 fully saturated rings. The molecule has 0 bridgehead atoms. The van der Waals surface area contributed by atoms with E-state index in [1.165, 1.54) is 18.2 Å². The molecule has 0 heterocycles. The van der Waals surface area contributed by atoms with Gasteiger partial charge in [0.25, 0.3) is 0 Å². The van der Waals surface area contributed by atoms with Gasteiger partial charge >= 0.3 is 12.1 Å². The zero-order valence-corrected chi connectivity index (χ0v) is 17.6. The highest BCUT2D eigenvalue weighted by atomic mass is 16.6. The first-order valence-electron chi connectivity index (χ1n) is 10.3. The summed E-state index contributed by atoms with van der Waals surface area (Å²) in [5.41, 5.74) is 6.63. The fourth-order valence-electron chi connectivity index (χ4n) is 4.18. The number of aryl methyl sites for hydroxylation is 1. The van der Waals surface area contributed by atoms with E-state index in [0.717, 1.165) is 22.3 Å². The number of hydrogen-bond acceptors (Lipinski definition) is 4. The highest BCUT2D eigenvalue weighted by Crippen LogP contribution is 2.44. The molecule has 1 amide bonds. The van der Waals surface area contributed by atoms with Crippen molar-refractivity contribution in [3.63, 3.8) is 0 Å². The second kappa shape index (κ2) is 9.04. The van der Waals surface area contributed by atoms with Gasteiger partial charge in [-0.1, -0.05) is 72.8 Å². The highest BCUT2D eigenvalue weighted by Gasteiger charge is 2.30. The van der Waals surface area contributed by atoms with E-state index in [9.17, 15) is 9.59 Å².